The van der Waals surface area contributed by atoms with Gasteiger partial charge in [-0.3, -0.25) is 19.3 Å². The molecule has 0 amide bonds. The van der Waals surface area contributed by atoms with Gasteiger partial charge in [0, 0.05) is 24.2 Å². The first-order valence-corrected chi connectivity index (χ1v) is 11.3. The van der Waals surface area contributed by atoms with Crippen molar-refractivity contribution >= 4 is 11.2 Å². The number of hydrogen-bond donors (Lipinski definition) is 0. The van der Waals surface area contributed by atoms with Gasteiger partial charge in [-0.1, -0.05) is 25.0 Å². The molecule has 0 saturated heterocycles. The Morgan fingerprint density at radius 2 is 1.71 bits per heavy atom. The lowest BCUT2D eigenvalue weighted by molar-refractivity contribution is -0.138. The largest absolute Gasteiger partial charge is 0.418 e. The fraction of sp³-hybridized carbons (Fsp3) is 0.308. The molecule has 0 atom stereocenters. The molecule has 35 heavy (non-hydrogen) atoms. The number of benzene rings is 1. The van der Waals surface area contributed by atoms with Gasteiger partial charge in [0.15, 0.2) is 5.65 Å². The van der Waals surface area contributed by atoms with Crippen LogP contribution in [0.3, 0.4) is 0 Å². The van der Waals surface area contributed by atoms with Crippen molar-refractivity contribution in [3.8, 4) is 0 Å². The summed E-state index contributed by atoms with van der Waals surface area (Å²) in [6, 6.07) is 10.4. The summed E-state index contributed by atoms with van der Waals surface area (Å²) in [5.74, 6) is -0.0500. The van der Waals surface area contributed by atoms with Crippen LogP contribution in [0.4, 0.5) is 17.6 Å². The Balaban J connectivity index is 0.000000308. The van der Waals surface area contributed by atoms with Crippen LogP contribution in [0.25, 0.3) is 11.2 Å². The maximum Gasteiger partial charge on any atom is 0.418 e. The van der Waals surface area contributed by atoms with E-state index < -0.39 is 11.7 Å². The number of fused-ring (bicyclic) bond motifs is 1. The molecule has 0 bridgehead atoms. The molecule has 5 nitrogen and oxygen atoms in total. The zero-order valence-corrected chi connectivity index (χ0v) is 19.1. The summed E-state index contributed by atoms with van der Waals surface area (Å²) < 4.78 is 53.4. The highest BCUT2D eigenvalue weighted by Crippen LogP contribution is 2.34. The molecule has 9 heteroatoms. The molecular weight excluding hydrogens is 460 g/mol. The average Bonchev–Trinajstić information content (AvgIpc) is 3.35. The van der Waals surface area contributed by atoms with Gasteiger partial charge in [0.05, 0.1) is 17.8 Å². The lowest BCUT2D eigenvalue weighted by Crippen LogP contribution is -2.28. The molecule has 1 fully saturated rings. The van der Waals surface area contributed by atoms with Gasteiger partial charge in [0.1, 0.15) is 11.3 Å². The lowest BCUT2D eigenvalue weighted by Gasteiger charge is -2.16. The van der Waals surface area contributed by atoms with Crippen molar-refractivity contribution in [2.75, 3.05) is 0 Å². The Labute approximate surface area is 199 Å². The average molecular weight is 484 g/mol. The van der Waals surface area contributed by atoms with E-state index in [4.69, 9.17) is 0 Å². The summed E-state index contributed by atoms with van der Waals surface area (Å²) >= 11 is 0. The van der Waals surface area contributed by atoms with Gasteiger partial charge in [-0.15, -0.1) is 0 Å². The van der Waals surface area contributed by atoms with Crippen molar-refractivity contribution in [1.29, 1.82) is 0 Å². The highest BCUT2D eigenvalue weighted by Gasteiger charge is 2.34. The smallest absolute Gasteiger partial charge is 0.285 e. The second kappa shape index (κ2) is 10.3. The maximum absolute atomic E-state index is 13.3. The molecule has 0 spiro atoms. The van der Waals surface area contributed by atoms with Gasteiger partial charge in [0.2, 0.25) is 0 Å². The van der Waals surface area contributed by atoms with Gasteiger partial charge in [-0.05, 0) is 61.6 Å². The summed E-state index contributed by atoms with van der Waals surface area (Å²) in [5, 5.41) is 0. The van der Waals surface area contributed by atoms with Gasteiger partial charge in [-0.2, -0.15) is 13.2 Å². The number of hydrogen-bond acceptors (Lipinski definition) is 4. The molecule has 3 aromatic heterocycles. The van der Waals surface area contributed by atoms with E-state index in [1.165, 1.54) is 41.4 Å². The van der Waals surface area contributed by atoms with E-state index in [1.54, 1.807) is 12.1 Å². The first-order valence-electron chi connectivity index (χ1n) is 11.3. The summed E-state index contributed by atoms with van der Waals surface area (Å²) in [4.78, 5) is 25.5. The van der Waals surface area contributed by atoms with Crippen molar-refractivity contribution in [3.05, 3.63) is 99.6 Å². The van der Waals surface area contributed by atoms with Crippen LogP contribution in [-0.4, -0.2) is 19.5 Å². The van der Waals surface area contributed by atoms with Crippen LogP contribution in [-0.2, 0) is 12.7 Å². The zero-order valence-electron chi connectivity index (χ0n) is 19.1. The monoisotopic (exact) mass is 484 g/mol. The zero-order chi connectivity index (χ0) is 25.0. The Morgan fingerprint density at radius 3 is 2.37 bits per heavy atom. The Hall–Kier alpha value is -3.62. The van der Waals surface area contributed by atoms with E-state index >= 15 is 0 Å². The van der Waals surface area contributed by atoms with Crippen molar-refractivity contribution < 1.29 is 17.6 Å². The van der Waals surface area contributed by atoms with E-state index in [0.717, 1.165) is 37.3 Å². The van der Waals surface area contributed by atoms with E-state index in [9.17, 15) is 22.4 Å². The minimum Gasteiger partial charge on any atom is -0.285 e. The molecule has 5 rings (SSSR count). The normalized spacial score (nSPS) is 14.1. The SMILES string of the molecule is Cc1cccc(F)c1.O=c1c(C2CCCC2)cc2nccnc2n1Cc1ncccc1C(F)(F)F. The highest BCUT2D eigenvalue weighted by molar-refractivity contribution is 5.70. The molecule has 4 aromatic rings. The van der Waals surface area contributed by atoms with E-state index in [1.807, 2.05) is 13.0 Å². The third kappa shape index (κ3) is 5.72. The minimum absolute atomic E-state index is 0.112. The predicted molar refractivity (Wildman–Crippen MR) is 124 cm³/mol. The molecule has 3 heterocycles. The molecule has 0 N–H and O–H groups in total. The topological polar surface area (TPSA) is 60.7 Å². The second-order valence-corrected chi connectivity index (χ2v) is 8.53. The van der Waals surface area contributed by atoms with Crippen LogP contribution in [0.1, 0.15) is 54.0 Å². The molecule has 1 aromatic carbocycles. The molecule has 0 radical (unpaired) electrons. The number of halogens is 4. The fourth-order valence-corrected chi connectivity index (χ4v) is 4.37. The summed E-state index contributed by atoms with van der Waals surface area (Å²) in [6.45, 7) is 1.56. The number of nitrogens with zero attached hydrogens (tertiary/aromatic N) is 4. The summed E-state index contributed by atoms with van der Waals surface area (Å²) in [7, 11) is 0. The maximum atomic E-state index is 13.3. The van der Waals surface area contributed by atoms with Crippen molar-refractivity contribution in [3.63, 3.8) is 0 Å². The third-order valence-electron chi connectivity index (χ3n) is 6.02. The van der Waals surface area contributed by atoms with Crippen molar-refractivity contribution in [2.24, 2.45) is 0 Å². The standard InChI is InChI=1S/C19H17F3N4O.C7H7F/c20-19(21,22)14-6-3-7-23-16(14)11-26-17-15(24-8-9-25-17)10-13(18(26)27)12-4-1-2-5-12;1-6-3-2-4-7(8)5-6/h3,6-10,12H,1-2,4-5,11H2;2-5H,1H3. The van der Waals surface area contributed by atoms with E-state index in [0.29, 0.717) is 11.1 Å². The third-order valence-corrected chi connectivity index (χ3v) is 6.02. The molecule has 1 aliphatic rings. The minimum atomic E-state index is -4.54. The van der Waals surface area contributed by atoms with Crippen LogP contribution in [0.5, 0.6) is 0 Å². The molecule has 0 aliphatic heterocycles. The number of aromatic nitrogens is 4. The molecule has 182 valence electrons. The number of alkyl halides is 3. The van der Waals surface area contributed by atoms with Gasteiger partial charge in [-0.25, -0.2) is 9.37 Å². The number of pyridine rings is 2. The number of rotatable bonds is 3. The van der Waals surface area contributed by atoms with Gasteiger partial charge < -0.3 is 0 Å². The Bertz CT molecular complexity index is 1360. The van der Waals surface area contributed by atoms with Gasteiger partial charge >= 0.3 is 6.18 Å². The molecule has 1 aliphatic carbocycles. The van der Waals surface area contributed by atoms with Crippen molar-refractivity contribution in [1.82, 2.24) is 19.5 Å². The first kappa shape index (κ1) is 24.5. The Kier molecular flexibility index (Phi) is 7.23. The van der Waals surface area contributed by atoms with Gasteiger partial charge in [0.25, 0.3) is 5.56 Å². The quantitative estimate of drug-likeness (QED) is 0.333. The lowest BCUT2D eigenvalue weighted by atomic mass is 9.98. The molecular formula is C26H24F4N4O. The summed E-state index contributed by atoms with van der Waals surface area (Å²) in [5.41, 5.74) is 0.970. The van der Waals surface area contributed by atoms with Crippen LogP contribution in [0.15, 0.2) is 65.8 Å². The fourth-order valence-electron chi connectivity index (χ4n) is 4.37. The van der Waals surface area contributed by atoms with E-state index in [-0.39, 0.29) is 35.2 Å². The van der Waals surface area contributed by atoms with E-state index in [2.05, 4.69) is 15.0 Å². The van der Waals surface area contributed by atoms with Crippen molar-refractivity contribution in [2.45, 2.75) is 51.2 Å². The molecule has 1 saturated carbocycles. The molecule has 0 unspecified atom stereocenters. The second-order valence-electron chi connectivity index (χ2n) is 8.53. The predicted octanol–water partition coefficient (Wildman–Crippen LogP) is 6.05. The highest BCUT2D eigenvalue weighted by atomic mass is 19.4. The van der Waals surface area contributed by atoms with Crippen LogP contribution in [0.2, 0.25) is 0 Å². The van der Waals surface area contributed by atoms with Crippen LogP contribution < -0.4 is 5.56 Å². The first-order chi connectivity index (χ1) is 16.7. The van der Waals surface area contributed by atoms with Crippen LogP contribution in [0, 0.1) is 12.7 Å². The van der Waals surface area contributed by atoms with Crippen LogP contribution >= 0.6 is 0 Å². The number of aryl methyl sites for hydroxylation is 1. The Morgan fingerprint density at radius 1 is 0.971 bits per heavy atom. The summed E-state index contributed by atoms with van der Waals surface area (Å²) in [6.07, 6.45) is 3.58.